The molecular weight excluding hydrogens is 180 g/mol. The Balaban J connectivity index is 1.92. The number of ether oxygens (including phenoxy) is 1. The van der Waals surface area contributed by atoms with Crippen LogP contribution in [-0.4, -0.2) is 49.7 Å². The summed E-state index contributed by atoms with van der Waals surface area (Å²) >= 11 is 0. The van der Waals surface area contributed by atoms with E-state index in [-0.39, 0.29) is 12.0 Å². The standard InChI is InChI=1S/C10H18N2O2/c1-12(8-2-5-11-6-3-8)9-4-7-14-10(9)13/h8-9,11H,2-7H2,1H3. The van der Waals surface area contributed by atoms with Crippen molar-refractivity contribution in [3.05, 3.63) is 0 Å². The zero-order valence-electron chi connectivity index (χ0n) is 8.66. The van der Waals surface area contributed by atoms with Crippen LogP contribution in [0.2, 0.25) is 0 Å². The van der Waals surface area contributed by atoms with Gasteiger partial charge >= 0.3 is 5.97 Å². The molecule has 0 amide bonds. The largest absolute Gasteiger partial charge is 0.464 e. The molecule has 1 N–H and O–H groups in total. The van der Waals surface area contributed by atoms with Crippen LogP contribution in [0.1, 0.15) is 19.3 Å². The van der Waals surface area contributed by atoms with Crippen LogP contribution >= 0.6 is 0 Å². The summed E-state index contributed by atoms with van der Waals surface area (Å²) in [6.07, 6.45) is 3.14. The first-order valence-corrected chi connectivity index (χ1v) is 5.38. The van der Waals surface area contributed by atoms with E-state index in [1.54, 1.807) is 0 Å². The van der Waals surface area contributed by atoms with Crippen molar-refractivity contribution in [2.45, 2.75) is 31.3 Å². The SMILES string of the molecule is CN(C1CCNCC1)C1CCOC1=O. The normalized spacial score (nSPS) is 29.6. The predicted molar refractivity (Wildman–Crippen MR) is 53.0 cm³/mol. The van der Waals surface area contributed by atoms with E-state index < -0.39 is 0 Å². The lowest BCUT2D eigenvalue weighted by molar-refractivity contribution is -0.142. The number of hydrogen-bond acceptors (Lipinski definition) is 4. The Hall–Kier alpha value is -0.610. The van der Waals surface area contributed by atoms with E-state index in [4.69, 9.17) is 4.74 Å². The van der Waals surface area contributed by atoms with Crippen LogP contribution in [0.4, 0.5) is 0 Å². The van der Waals surface area contributed by atoms with Gasteiger partial charge in [0.25, 0.3) is 0 Å². The second kappa shape index (κ2) is 4.28. The highest BCUT2D eigenvalue weighted by atomic mass is 16.5. The van der Waals surface area contributed by atoms with Crippen LogP contribution < -0.4 is 5.32 Å². The number of esters is 1. The summed E-state index contributed by atoms with van der Waals surface area (Å²) < 4.78 is 4.98. The molecule has 14 heavy (non-hydrogen) atoms. The Bertz CT molecular complexity index is 214. The summed E-state index contributed by atoms with van der Waals surface area (Å²) in [6, 6.07) is 0.560. The Labute approximate surface area is 84.6 Å². The fraction of sp³-hybridized carbons (Fsp3) is 0.900. The molecular formula is C10H18N2O2. The minimum atomic E-state index is -0.0361. The van der Waals surface area contributed by atoms with Gasteiger partial charge in [-0.3, -0.25) is 9.69 Å². The molecule has 80 valence electrons. The molecule has 0 spiro atoms. The van der Waals surface area contributed by atoms with Crippen molar-refractivity contribution in [3.63, 3.8) is 0 Å². The summed E-state index contributed by atoms with van der Waals surface area (Å²) in [7, 11) is 2.05. The van der Waals surface area contributed by atoms with Crippen LogP contribution in [0.15, 0.2) is 0 Å². The summed E-state index contributed by atoms with van der Waals surface area (Å²) in [5.41, 5.74) is 0. The maximum Gasteiger partial charge on any atom is 0.323 e. The average molecular weight is 198 g/mol. The summed E-state index contributed by atoms with van der Waals surface area (Å²) in [4.78, 5) is 13.6. The topological polar surface area (TPSA) is 41.6 Å². The Morgan fingerprint density at radius 3 is 2.64 bits per heavy atom. The fourth-order valence-corrected chi connectivity index (χ4v) is 2.32. The maximum atomic E-state index is 11.4. The number of carbonyl (C=O) groups excluding carboxylic acids is 1. The van der Waals surface area contributed by atoms with Gasteiger partial charge in [0.1, 0.15) is 6.04 Å². The molecule has 2 heterocycles. The van der Waals surface area contributed by atoms with Crippen LogP contribution in [0.3, 0.4) is 0 Å². The molecule has 0 aliphatic carbocycles. The third kappa shape index (κ3) is 1.91. The summed E-state index contributed by atoms with van der Waals surface area (Å²) in [5, 5.41) is 3.33. The number of carbonyl (C=O) groups is 1. The van der Waals surface area contributed by atoms with Gasteiger partial charge in [-0.2, -0.15) is 0 Å². The Morgan fingerprint density at radius 1 is 1.36 bits per heavy atom. The van der Waals surface area contributed by atoms with Crippen molar-refractivity contribution in [2.75, 3.05) is 26.7 Å². The van der Waals surface area contributed by atoms with Crippen molar-refractivity contribution in [2.24, 2.45) is 0 Å². The molecule has 0 aromatic heterocycles. The fourth-order valence-electron chi connectivity index (χ4n) is 2.32. The van der Waals surface area contributed by atoms with Crippen molar-refractivity contribution in [1.82, 2.24) is 10.2 Å². The second-order valence-electron chi connectivity index (χ2n) is 4.12. The lowest BCUT2D eigenvalue weighted by Crippen LogP contribution is -2.47. The summed E-state index contributed by atoms with van der Waals surface area (Å²) in [5.74, 6) is -0.0361. The van der Waals surface area contributed by atoms with Gasteiger partial charge in [-0.1, -0.05) is 0 Å². The van der Waals surface area contributed by atoms with E-state index >= 15 is 0 Å². The first-order chi connectivity index (χ1) is 6.79. The minimum Gasteiger partial charge on any atom is -0.464 e. The lowest BCUT2D eigenvalue weighted by atomic mass is 10.0. The molecule has 2 rings (SSSR count). The smallest absolute Gasteiger partial charge is 0.323 e. The van der Waals surface area contributed by atoms with Crippen molar-refractivity contribution >= 4 is 5.97 Å². The maximum absolute atomic E-state index is 11.4. The van der Waals surface area contributed by atoms with Crippen LogP contribution in [0, 0.1) is 0 Å². The molecule has 2 aliphatic rings. The van der Waals surface area contributed by atoms with Gasteiger partial charge in [0.05, 0.1) is 6.61 Å². The molecule has 0 saturated carbocycles. The van der Waals surface area contributed by atoms with Crippen molar-refractivity contribution in [1.29, 1.82) is 0 Å². The molecule has 0 bridgehead atoms. The molecule has 2 saturated heterocycles. The van der Waals surface area contributed by atoms with Gasteiger partial charge in [-0.25, -0.2) is 0 Å². The monoisotopic (exact) mass is 198 g/mol. The number of nitrogens with zero attached hydrogens (tertiary/aromatic N) is 1. The molecule has 4 heteroatoms. The van der Waals surface area contributed by atoms with E-state index in [9.17, 15) is 4.79 Å². The summed E-state index contributed by atoms with van der Waals surface area (Å²) in [6.45, 7) is 2.73. The van der Waals surface area contributed by atoms with Crippen LogP contribution in [-0.2, 0) is 9.53 Å². The second-order valence-corrected chi connectivity index (χ2v) is 4.12. The van der Waals surface area contributed by atoms with Crippen LogP contribution in [0.5, 0.6) is 0 Å². The van der Waals surface area contributed by atoms with E-state index in [0.717, 1.165) is 32.4 Å². The van der Waals surface area contributed by atoms with E-state index in [1.165, 1.54) is 0 Å². The van der Waals surface area contributed by atoms with Gasteiger partial charge in [-0.05, 0) is 33.0 Å². The highest BCUT2D eigenvalue weighted by Gasteiger charge is 2.34. The molecule has 0 radical (unpaired) electrons. The van der Waals surface area contributed by atoms with Gasteiger partial charge in [-0.15, -0.1) is 0 Å². The number of likely N-dealkylation sites (N-methyl/N-ethyl adjacent to an activating group) is 1. The zero-order valence-corrected chi connectivity index (χ0v) is 8.66. The van der Waals surface area contributed by atoms with Crippen molar-refractivity contribution in [3.8, 4) is 0 Å². The third-order valence-corrected chi connectivity index (χ3v) is 3.28. The van der Waals surface area contributed by atoms with Crippen LogP contribution in [0.25, 0.3) is 0 Å². The first-order valence-electron chi connectivity index (χ1n) is 5.38. The third-order valence-electron chi connectivity index (χ3n) is 3.28. The number of cyclic esters (lactones) is 1. The molecule has 1 atom stereocenters. The minimum absolute atomic E-state index is 0.0121. The van der Waals surface area contributed by atoms with Gasteiger partial charge in [0.2, 0.25) is 0 Å². The predicted octanol–water partition coefficient (Wildman–Crippen LogP) is -0.0143. The zero-order chi connectivity index (χ0) is 9.97. The number of nitrogens with one attached hydrogen (secondary N) is 1. The Kier molecular flexibility index (Phi) is 3.03. The molecule has 2 aliphatic heterocycles. The molecule has 1 unspecified atom stereocenters. The number of hydrogen-bond donors (Lipinski definition) is 1. The van der Waals surface area contributed by atoms with E-state index in [0.29, 0.717) is 12.6 Å². The highest BCUT2D eigenvalue weighted by molar-refractivity contribution is 5.77. The van der Waals surface area contributed by atoms with Gasteiger partial charge < -0.3 is 10.1 Å². The molecule has 4 nitrogen and oxygen atoms in total. The number of piperidine rings is 1. The molecule has 2 fully saturated rings. The lowest BCUT2D eigenvalue weighted by Gasteiger charge is -2.33. The van der Waals surface area contributed by atoms with Crippen molar-refractivity contribution < 1.29 is 9.53 Å². The number of rotatable bonds is 2. The Morgan fingerprint density at radius 2 is 2.07 bits per heavy atom. The molecule has 0 aromatic carbocycles. The average Bonchev–Trinajstić information content (AvgIpc) is 2.65. The first kappa shape index (κ1) is 9.93. The van der Waals surface area contributed by atoms with E-state index in [1.807, 2.05) is 7.05 Å². The quantitative estimate of drug-likeness (QED) is 0.633. The van der Waals surface area contributed by atoms with E-state index in [2.05, 4.69) is 10.2 Å². The van der Waals surface area contributed by atoms with Gasteiger partial charge in [0, 0.05) is 12.5 Å². The van der Waals surface area contributed by atoms with Gasteiger partial charge in [0.15, 0.2) is 0 Å². The molecule has 0 aromatic rings. The highest BCUT2D eigenvalue weighted by Crippen LogP contribution is 2.19.